The van der Waals surface area contributed by atoms with Gasteiger partial charge in [0.25, 0.3) is 21.9 Å². The van der Waals surface area contributed by atoms with Gasteiger partial charge in [-0.15, -0.1) is 0 Å². The van der Waals surface area contributed by atoms with Gasteiger partial charge in [-0.25, -0.2) is 5.43 Å². The highest BCUT2D eigenvalue weighted by atomic mass is 79.9. The summed E-state index contributed by atoms with van der Waals surface area (Å²) in [5.74, 6) is -2.28. The molecule has 0 bridgehead atoms. The third-order valence-electron chi connectivity index (χ3n) is 5.87. The maximum atomic E-state index is 13.2. The Kier molecular flexibility index (Phi) is 10.4. The fourth-order valence-corrected chi connectivity index (χ4v) is 5.51. The molecule has 0 aliphatic heterocycles. The Bertz CT molecular complexity index is 1890. The van der Waals surface area contributed by atoms with Crippen LogP contribution >= 0.6 is 44.1 Å². The molecule has 4 rings (SSSR count). The van der Waals surface area contributed by atoms with Gasteiger partial charge < -0.3 is 20.8 Å². The van der Waals surface area contributed by atoms with Gasteiger partial charge in [-0.2, -0.15) is 13.5 Å². The van der Waals surface area contributed by atoms with Crippen LogP contribution in [-0.4, -0.2) is 52.4 Å². The fraction of sp³-hybridized carbons (Fsp3) is 0.0370. The molecule has 228 valence electrons. The van der Waals surface area contributed by atoms with Crippen molar-refractivity contribution >= 4 is 99.5 Å². The number of amides is 2. The number of hydrogen-bond donors (Lipinski definition) is 8. The molecule has 17 heteroatoms. The molecule has 1 unspecified atom stereocenters. The number of hydrazone groups is 1. The predicted octanol–water partition coefficient (Wildman–Crippen LogP) is 3.97. The molecule has 0 heterocycles. The van der Waals surface area contributed by atoms with Crippen molar-refractivity contribution in [2.24, 2.45) is 5.10 Å². The van der Waals surface area contributed by atoms with Gasteiger partial charge in [0, 0.05) is 16.9 Å². The van der Waals surface area contributed by atoms with E-state index in [-0.39, 0.29) is 36.0 Å². The van der Waals surface area contributed by atoms with E-state index in [0.29, 0.717) is 11.4 Å². The number of carbonyl (C=O) groups is 2. The number of thiocarbonyl (C=S) groups is 1. The number of nitrogens with zero attached hydrogens (tertiary/aromatic N) is 1. The zero-order chi connectivity index (χ0) is 32.0. The average molecular weight is 766 g/mol. The number of hydrazine groups is 1. The molecule has 0 aliphatic rings. The van der Waals surface area contributed by atoms with Crippen LogP contribution in [0.4, 0.5) is 11.4 Å². The van der Waals surface area contributed by atoms with Crippen molar-refractivity contribution in [1.82, 2.24) is 16.3 Å². The minimum absolute atomic E-state index is 0.0138. The fourth-order valence-electron chi connectivity index (χ4n) is 3.70. The van der Waals surface area contributed by atoms with E-state index in [1.54, 1.807) is 12.1 Å². The molecule has 4 aromatic carbocycles. The lowest BCUT2D eigenvalue weighted by atomic mass is 10.1. The Morgan fingerprint density at radius 2 is 1.52 bits per heavy atom. The van der Waals surface area contributed by atoms with Gasteiger partial charge in [-0.1, -0.05) is 30.3 Å². The van der Waals surface area contributed by atoms with Gasteiger partial charge in [-0.05, 0) is 97.3 Å². The van der Waals surface area contributed by atoms with E-state index in [1.165, 1.54) is 18.2 Å². The molecule has 0 fully saturated rings. The SMILES string of the molecule is O=C(N/N=C/c1cc(Br)c(O)c(Br)c1O)C(Nc1ccc2ccccc2c1)C(=O)NNC(=S)Nc1ccc(S(=O)(=O)O)cc1. The van der Waals surface area contributed by atoms with Gasteiger partial charge in [0.2, 0.25) is 0 Å². The Balaban J connectivity index is 1.48. The smallest absolute Gasteiger partial charge is 0.294 e. The molecule has 2 amide bonds. The van der Waals surface area contributed by atoms with Crippen molar-refractivity contribution in [2.45, 2.75) is 10.9 Å². The monoisotopic (exact) mass is 764 g/mol. The number of fused-ring (bicyclic) bond motifs is 1. The molecule has 0 spiro atoms. The molecular formula is C27H22Br2N6O7S2. The van der Waals surface area contributed by atoms with Crippen LogP contribution in [0, 0.1) is 0 Å². The van der Waals surface area contributed by atoms with E-state index in [9.17, 15) is 28.2 Å². The molecule has 4 aromatic rings. The van der Waals surface area contributed by atoms with E-state index in [0.717, 1.165) is 29.1 Å². The second-order valence-electron chi connectivity index (χ2n) is 8.90. The summed E-state index contributed by atoms with van der Waals surface area (Å²) in [6.45, 7) is 0. The molecule has 13 nitrogen and oxygen atoms in total. The first-order valence-electron chi connectivity index (χ1n) is 12.3. The number of carbonyl (C=O) groups excluding carboxylic acids is 2. The summed E-state index contributed by atoms with van der Waals surface area (Å²) in [4.78, 5) is 26.0. The third-order valence-corrected chi connectivity index (χ3v) is 8.30. The van der Waals surface area contributed by atoms with Crippen molar-refractivity contribution in [2.75, 3.05) is 10.6 Å². The lowest BCUT2D eigenvalue weighted by molar-refractivity contribution is -0.130. The molecule has 0 saturated heterocycles. The number of rotatable bonds is 8. The van der Waals surface area contributed by atoms with Gasteiger partial charge in [0.05, 0.1) is 15.6 Å². The van der Waals surface area contributed by atoms with Crippen LogP contribution < -0.4 is 26.9 Å². The van der Waals surface area contributed by atoms with Crippen LogP contribution in [-0.2, 0) is 19.7 Å². The number of benzene rings is 4. The number of aromatic hydroxyl groups is 2. The van der Waals surface area contributed by atoms with Crippen LogP contribution in [0.15, 0.2) is 91.7 Å². The first kappa shape index (κ1) is 32.6. The normalized spacial score (nSPS) is 12.0. The summed E-state index contributed by atoms with van der Waals surface area (Å²) in [5.41, 5.74) is 7.99. The zero-order valence-electron chi connectivity index (χ0n) is 22.1. The van der Waals surface area contributed by atoms with Crippen LogP contribution in [0.5, 0.6) is 11.5 Å². The van der Waals surface area contributed by atoms with E-state index in [1.807, 2.05) is 30.3 Å². The topological polar surface area (TPSA) is 201 Å². The molecule has 0 saturated carbocycles. The lowest BCUT2D eigenvalue weighted by Crippen LogP contribution is -2.54. The standard InChI is InChI=1S/C27H22Br2N6O7S2/c28-20-12-16(23(36)21(29)24(20)37)13-30-33-25(38)22(31-18-6-5-14-3-1-2-4-15(14)11-18)26(39)34-35-27(43)32-17-7-9-19(10-8-17)44(40,41)42/h1-13,22,31,36-37H,(H,33,38)(H,34,39)(H2,32,35,43)(H,40,41,42)/b30-13+. The first-order valence-corrected chi connectivity index (χ1v) is 15.7. The lowest BCUT2D eigenvalue weighted by Gasteiger charge is -2.19. The molecule has 44 heavy (non-hydrogen) atoms. The predicted molar refractivity (Wildman–Crippen MR) is 176 cm³/mol. The number of hydrogen-bond acceptors (Lipinski definition) is 9. The highest BCUT2D eigenvalue weighted by molar-refractivity contribution is 9.11. The van der Waals surface area contributed by atoms with Crippen molar-refractivity contribution < 1.29 is 32.8 Å². The summed E-state index contributed by atoms with van der Waals surface area (Å²) < 4.78 is 31.8. The van der Waals surface area contributed by atoms with Crippen molar-refractivity contribution in [1.29, 1.82) is 0 Å². The van der Waals surface area contributed by atoms with Gasteiger partial charge >= 0.3 is 0 Å². The second kappa shape index (κ2) is 14.0. The highest BCUT2D eigenvalue weighted by Gasteiger charge is 2.27. The van der Waals surface area contributed by atoms with Crippen LogP contribution in [0.2, 0.25) is 0 Å². The highest BCUT2D eigenvalue weighted by Crippen LogP contribution is 2.40. The molecule has 8 N–H and O–H groups in total. The zero-order valence-corrected chi connectivity index (χ0v) is 26.9. The summed E-state index contributed by atoms with van der Waals surface area (Å²) in [5, 5.41) is 31.3. The van der Waals surface area contributed by atoms with E-state index < -0.39 is 28.0 Å². The minimum atomic E-state index is -4.37. The molecule has 0 radical (unpaired) electrons. The van der Waals surface area contributed by atoms with E-state index >= 15 is 0 Å². The summed E-state index contributed by atoms with van der Waals surface area (Å²) in [6, 6.07) is 17.6. The quantitative estimate of drug-likeness (QED) is 0.0424. The Morgan fingerprint density at radius 3 is 2.20 bits per heavy atom. The van der Waals surface area contributed by atoms with Crippen molar-refractivity contribution in [3.05, 3.63) is 87.3 Å². The summed E-state index contributed by atoms with van der Waals surface area (Å²) >= 11 is 11.4. The molecular weight excluding hydrogens is 744 g/mol. The molecule has 0 aromatic heterocycles. The van der Waals surface area contributed by atoms with Crippen LogP contribution in [0.1, 0.15) is 5.56 Å². The number of nitrogens with one attached hydrogen (secondary N) is 5. The first-order chi connectivity index (χ1) is 20.8. The summed E-state index contributed by atoms with van der Waals surface area (Å²) in [6.07, 6.45) is 1.12. The number of anilines is 2. The van der Waals surface area contributed by atoms with Crippen LogP contribution in [0.25, 0.3) is 10.8 Å². The van der Waals surface area contributed by atoms with Crippen molar-refractivity contribution in [3.8, 4) is 11.5 Å². The molecule has 0 aliphatic carbocycles. The maximum Gasteiger partial charge on any atom is 0.294 e. The van der Waals surface area contributed by atoms with E-state index in [4.69, 9.17) is 16.8 Å². The summed E-state index contributed by atoms with van der Waals surface area (Å²) in [7, 11) is -4.37. The second-order valence-corrected chi connectivity index (χ2v) is 12.4. The maximum absolute atomic E-state index is 13.2. The number of phenols is 2. The molecule has 1 atom stereocenters. The van der Waals surface area contributed by atoms with Crippen molar-refractivity contribution in [3.63, 3.8) is 0 Å². The number of halogens is 2. The Morgan fingerprint density at radius 1 is 0.864 bits per heavy atom. The minimum Gasteiger partial charge on any atom is -0.506 e. The third kappa shape index (κ3) is 8.20. The van der Waals surface area contributed by atoms with E-state index in [2.05, 4.69) is 63.9 Å². The number of phenolic OH excluding ortho intramolecular Hbond substituents is 2. The Hall–Kier alpha value is -4.29. The van der Waals surface area contributed by atoms with Gasteiger partial charge in [0.1, 0.15) is 16.0 Å². The largest absolute Gasteiger partial charge is 0.506 e. The van der Waals surface area contributed by atoms with Crippen LogP contribution in [0.3, 0.4) is 0 Å². The van der Waals surface area contributed by atoms with Gasteiger partial charge in [0.15, 0.2) is 11.2 Å². The van der Waals surface area contributed by atoms with Gasteiger partial charge in [-0.3, -0.25) is 25.0 Å². The Labute approximate surface area is 272 Å². The average Bonchev–Trinajstić information content (AvgIpc) is 2.99.